The topological polar surface area (TPSA) is 292 Å². The van der Waals surface area contributed by atoms with Gasteiger partial charge in [-0.3, -0.25) is 14.4 Å². The van der Waals surface area contributed by atoms with Crippen molar-refractivity contribution < 1.29 is 155 Å². The number of carbonyl (C=O) groups excluding carboxylic acids is 9. The monoisotopic (exact) mass is 558 g/mol. The third-order valence-electron chi connectivity index (χ3n) is 2.35. The number of ketones is 3. The Morgan fingerprint density at radius 3 is 0.647 bits per heavy atom. The van der Waals surface area contributed by atoms with Gasteiger partial charge >= 0.3 is 142 Å². The zero-order valence-corrected chi connectivity index (χ0v) is 27.0. The first-order valence-electron chi connectivity index (χ1n) is 7.43. The summed E-state index contributed by atoms with van der Waals surface area (Å²) < 4.78 is 0. The van der Waals surface area contributed by atoms with Crippen molar-refractivity contribution in [3.05, 3.63) is 0 Å². The van der Waals surface area contributed by atoms with Crippen LogP contribution in [0.3, 0.4) is 0 Å². The van der Waals surface area contributed by atoms with Gasteiger partial charge in [-0.2, -0.15) is 0 Å². The quantitative estimate of drug-likeness (QED) is 0.158. The summed E-state index contributed by atoms with van der Waals surface area (Å²) >= 11 is 0. The Morgan fingerprint density at radius 2 is 0.559 bits per heavy atom. The van der Waals surface area contributed by atoms with Crippen LogP contribution in [0, 0.1) is 0 Å². The standard InChI is InChI=1S/3C5H6O5.Ca.K.Mg.Na/c3*6-3(5(9)10)1-2-4(7)8;;;;/h3*1-2H2,(H,7,8)(H,9,10);;;;/q;;;+2;+1;+2;+1/p-6. The minimum Gasteiger partial charge on any atom is -0.550 e. The first kappa shape index (κ1) is 51.2. The molecule has 0 aliphatic heterocycles. The van der Waals surface area contributed by atoms with E-state index >= 15 is 0 Å². The largest absolute Gasteiger partial charge is 2.00 e. The third kappa shape index (κ3) is 42.6. The molecular formula is C15H12CaKMgNaO15. The summed E-state index contributed by atoms with van der Waals surface area (Å²) in [6.45, 7) is 0. The van der Waals surface area contributed by atoms with Crippen LogP contribution in [0.2, 0.25) is 0 Å². The number of hydrogen-bond donors (Lipinski definition) is 0. The Balaban J connectivity index is -0.0000000607. The molecule has 0 amide bonds. The molecule has 15 nitrogen and oxygen atoms in total. The van der Waals surface area contributed by atoms with Crippen LogP contribution < -0.4 is 112 Å². The number of rotatable bonds is 12. The van der Waals surface area contributed by atoms with Gasteiger partial charge in [0, 0.05) is 37.2 Å². The molecule has 34 heavy (non-hydrogen) atoms. The zero-order valence-electron chi connectivity index (χ0n) is 18.3. The summed E-state index contributed by atoms with van der Waals surface area (Å²) in [5.41, 5.74) is 0. The summed E-state index contributed by atoms with van der Waals surface area (Å²) in [5, 5.41) is 57.9. The van der Waals surface area contributed by atoms with Crippen LogP contribution in [-0.4, -0.2) is 114 Å². The molecule has 0 N–H and O–H groups in total. The van der Waals surface area contributed by atoms with Gasteiger partial charge in [-0.05, 0) is 19.3 Å². The fraction of sp³-hybridized carbons (Fsp3) is 0.400. The summed E-state index contributed by atoms with van der Waals surface area (Å²) in [6, 6.07) is 0. The molecule has 0 saturated carbocycles. The summed E-state index contributed by atoms with van der Waals surface area (Å²) in [4.78, 5) is 88.1. The van der Waals surface area contributed by atoms with E-state index in [2.05, 4.69) is 0 Å². The van der Waals surface area contributed by atoms with Crippen LogP contribution in [0.4, 0.5) is 0 Å². The second-order valence-electron chi connectivity index (χ2n) is 4.75. The molecule has 19 heteroatoms. The minimum absolute atomic E-state index is 0. The van der Waals surface area contributed by atoms with E-state index in [0.717, 1.165) is 0 Å². The molecule has 0 aromatic heterocycles. The first-order chi connectivity index (χ1) is 13.6. The molecule has 0 atom stereocenters. The van der Waals surface area contributed by atoms with Gasteiger partial charge in [-0.25, -0.2) is 0 Å². The van der Waals surface area contributed by atoms with Gasteiger partial charge in [0.2, 0.25) is 0 Å². The Bertz CT molecular complexity index is 633. The zero-order chi connectivity index (χ0) is 24.4. The normalized spacial score (nSPS) is 7.76. The Hall–Kier alpha value is 0.492. The van der Waals surface area contributed by atoms with Gasteiger partial charge in [0.1, 0.15) is 17.9 Å². The van der Waals surface area contributed by atoms with Gasteiger partial charge in [0.05, 0.1) is 0 Å². The molecule has 0 fully saturated rings. The van der Waals surface area contributed by atoms with Crippen LogP contribution in [0.5, 0.6) is 0 Å². The number of carboxylic acid groups (broad SMARTS) is 6. The van der Waals surface area contributed by atoms with Gasteiger partial charge in [-0.15, -0.1) is 0 Å². The average molecular weight is 559 g/mol. The molecule has 0 radical (unpaired) electrons. The molecule has 0 aliphatic carbocycles. The Morgan fingerprint density at radius 1 is 0.412 bits per heavy atom. The van der Waals surface area contributed by atoms with Crippen LogP contribution >= 0.6 is 0 Å². The van der Waals surface area contributed by atoms with E-state index in [4.69, 9.17) is 0 Å². The van der Waals surface area contributed by atoms with E-state index in [-0.39, 0.29) is 142 Å². The van der Waals surface area contributed by atoms with Crippen molar-refractivity contribution >= 4 is 114 Å². The van der Waals surface area contributed by atoms with Gasteiger partial charge < -0.3 is 59.4 Å². The van der Waals surface area contributed by atoms with Gasteiger partial charge in [-0.1, -0.05) is 0 Å². The molecule has 168 valence electrons. The number of Topliss-reactive ketones (excluding diaryl/α,β-unsaturated/α-hetero) is 3. The molecule has 0 bridgehead atoms. The molecule has 0 heterocycles. The van der Waals surface area contributed by atoms with Crippen molar-refractivity contribution in [2.75, 3.05) is 0 Å². The van der Waals surface area contributed by atoms with E-state index in [0.29, 0.717) is 0 Å². The number of aliphatic carboxylic acids is 6. The Kier molecular flexibility index (Phi) is 47.5. The second kappa shape index (κ2) is 31.5. The first-order valence-corrected chi connectivity index (χ1v) is 7.43. The molecule has 0 aromatic rings. The van der Waals surface area contributed by atoms with E-state index in [1.165, 1.54) is 0 Å². The van der Waals surface area contributed by atoms with Crippen molar-refractivity contribution in [3.63, 3.8) is 0 Å². The maximum absolute atomic E-state index is 10.1. The second-order valence-corrected chi connectivity index (χ2v) is 4.75. The van der Waals surface area contributed by atoms with Crippen molar-refractivity contribution in [3.8, 4) is 0 Å². The van der Waals surface area contributed by atoms with Gasteiger partial charge in [0.25, 0.3) is 0 Å². The maximum Gasteiger partial charge on any atom is 2.00 e. The minimum atomic E-state index is -1.86. The van der Waals surface area contributed by atoms with E-state index in [1.54, 1.807) is 0 Å². The summed E-state index contributed by atoms with van der Waals surface area (Å²) in [7, 11) is 0. The van der Waals surface area contributed by atoms with Crippen LogP contribution in [0.1, 0.15) is 38.5 Å². The molecule has 0 spiro atoms. The third-order valence-corrected chi connectivity index (χ3v) is 2.35. The van der Waals surface area contributed by atoms with E-state index in [9.17, 15) is 73.8 Å². The van der Waals surface area contributed by atoms with Crippen LogP contribution in [0.25, 0.3) is 0 Å². The van der Waals surface area contributed by atoms with Crippen LogP contribution in [-0.2, 0) is 43.2 Å². The van der Waals surface area contributed by atoms with Crippen molar-refractivity contribution in [2.24, 2.45) is 0 Å². The fourth-order valence-electron chi connectivity index (χ4n) is 0.953. The molecule has 0 rings (SSSR count). The van der Waals surface area contributed by atoms with Crippen molar-refractivity contribution in [2.45, 2.75) is 38.5 Å². The van der Waals surface area contributed by atoms with Crippen molar-refractivity contribution in [1.82, 2.24) is 0 Å². The van der Waals surface area contributed by atoms with Crippen molar-refractivity contribution in [1.29, 1.82) is 0 Å². The van der Waals surface area contributed by atoms with E-state index < -0.39 is 91.7 Å². The number of carbonyl (C=O) groups is 9. The molecular weight excluding hydrogens is 547 g/mol. The van der Waals surface area contributed by atoms with E-state index in [1.807, 2.05) is 0 Å². The maximum atomic E-state index is 10.1. The fourth-order valence-corrected chi connectivity index (χ4v) is 0.953. The molecule has 0 unspecified atom stereocenters. The predicted octanol–water partition coefficient (Wildman–Crippen LogP) is -16.2. The smallest absolute Gasteiger partial charge is 0.550 e. The average Bonchev–Trinajstić information content (AvgIpc) is 2.62. The molecule has 0 aliphatic rings. The number of hydrogen-bond acceptors (Lipinski definition) is 15. The predicted molar refractivity (Wildman–Crippen MR) is 84.3 cm³/mol. The summed E-state index contributed by atoms with van der Waals surface area (Å²) in [6.07, 6.45) is -3.42. The summed E-state index contributed by atoms with van der Waals surface area (Å²) in [5.74, 6) is -13.6. The van der Waals surface area contributed by atoms with Gasteiger partial charge in [0.15, 0.2) is 17.3 Å². The SMILES string of the molecule is O=C([O-])CCC(=O)C(=O)[O-].O=C([O-])CCC(=O)C(=O)[O-].O=C([O-])CCC(=O)C(=O)[O-].[Ca+2].[K+].[Mg+2].[Na+]. The van der Waals surface area contributed by atoms with Crippen LogP contribution in [0.15, 0.2) is 0 Å². The molecule has 0 saturated heterocycles. The Labute approximate surface area is 302 Å². The number of carboxylic acids is 6. The molecule has 0 aromatic carbocycles.